The third-order valence-corrected chi connectivity index (χ3v) is 13.5. The normalized spacial score (nSPS) is 59.2. The molecule has 2 spiro atoms. The minimum atomic E-state index is -1.61. The van der Waals surface area contributed by atoms with Crippen LogP contribution >= 0.6 is 0 Å². The summed E-state index contributed by atoms with van der Waals surface area (Å²) in [5, 5.41) is 44.7. The van der Waals surface area contributed by atoms with Crippen LogP contribution in [0.4, 0.5) is 0 Å². The van der Waals surface area contributed by atoms with E-state index in [1.807, 2.05) is 0 Å². The molecule has 0 heterocycles. The molecule has 34 heavy (non-hydrogen) atoms. The van der Waals surface area contributed by atoms with Crippen molar-refractivity contribution in [1.29, 1.82) is 21.0 Å². The van der Waals surface area contributed by atoms with Crippen LogP contribution in [0, 0.1) is 114 Å². The highest BCUT2D eigenvalue weighted by molar-refractivity contribution is 5.75. The van der Waals surface area contributed by atoms with Crippen LogP contribution in [0.15, 0.2) is 33.4 Å². The lowest BCUT2D eigenvalue weighted by molar-refractivity contribution is -0.0154. The quantitative estimate of drug-likeness (QED) is 0.490. The third kappa shape index (κ3) is 1.11. The second-order valence-corrected chi connectivity index (χ2v) is 13.5. The molecule has 14 rings (SSSR count). The van der Waals surface area contributed by atoms with E-state index in [0.717, 1.165) is 38.5 Å². The van der Waals surface area contributed by atoms with Crippen molar-refractivity contribution in [3.63, 3.8) is 0 Å². The summed E-state index contributed by atoms with van der Waals surface area (Å²) in [6.45, 7) is 0. The predicted octanol–water partition coefficient (Wildman–Crippen LogP) is 5.10. The second-order valence-electron chi connectivity index (χ2n) is 13.5. The van der Waals surface area contributed by atoms with Gasteiger partial charge in [-0.25, -0.2) is 0 Å². The first-order valence-electron chi connectivity index (χ1n) is 13.5. The van der Waals surface area contributed by atoms with Crippen molar-refractivity contribution in [1.82, 2.24) is 0 Å². The summed E-state index contributed by atoms with van der Waals surface area (Å²) in [6, 6.07) is 10.4. The monoisotopic (exact) mass is 440 g/mol. The molecule has 2 unspecified atom stereocenters. The van der Waals surface area contributed by atoms with Crippen LogP contribution in [0.1, 0.15) is 51.4 Å². The van der Waals surface area contributed by atoms with Crippen molar-refractivity contribution in [3.8, 4) is 24.3 Å². The van der Waals surface area contributed by atoms with Gasteiger partial charge in [-0.3, -0.25) is 0 Å². The topological polar surface area (TPSA) is 95.2 Å². The molecule has 14 aliphatic rings. The average molecular weight is 441 g/mol. The van der Waals surface area contributed by atoms with Crippen LogP contribution in [0.5, 0.6) is 0 Å². The van der Waals surface area contributed by atoms with E-state index >= 15 is 0 Å². The maximum Gasteiger partial charge on any atom is 0.189 e. The Morgan fingerprint density at radius 3 is 1.12 bits per heavy atom. The molecule has 2 atom stereocenters. The molecule has 0 amide bonds. The van der Waals surface area contributed by atoms with Gasteiger partial charge in [0.2, 0.25) is 0 Å². The number of nitriles is 4. The van der Waals surface area contributed by atoms with Gasteiger partial charge in [0, 0.05) is 0 Å². The van der Waals surface area contributed by atoms with Gasteiger partial charge in [0.05, 0.1) is 35.1 Å². The lowest BCUT2D eigenvalue weighted by Gasteiger charge is -2.62. The Kier molecular flexibility index (Phi) is 2.35. The lowest BCUT2D eigenvalue weighted by atomic mass is 9.33. The first kappa shape index (κ1) is 17.6. The van der Waals surface area contributed by atoms with Gasteiger partial charge in [-0.2, -0.15) is 21.0 Å². The fraction of sp³-hybridized carbons (Fsp3) is 0.667. The van der Waals surface area contributed by atoms with Crippen LogP contribution in [-0.4, -0.2) is 0 Å². The molecule has 0 aromatic rings. The first-order chi connectivity index (χ1) is 16.6. The highest BCUT2D eigenvalue weighted by atomic mass is 14.9. The summed E-state index contributed by atoms with van der Waals surface area (Å²) in [5.41, 5.74) is 4.28. The number of hydrogen-bond acceptors (Lipinski definition) is 4. The average Bonchev–Trinajstić information content (AvgIpc) is 3.53. The summed E-state index contributed by atoms with van der Waals surface area (Å²) in [5.74, 6) is 3.47. The molecule has 10 fully saturated rings. The molecule has 0 aliphatic heterocycles. The Labute approximate surface area is 199 Å². The van der Waals surface area contributed by atoms with Gasteiger partial charge in [0.15, 0.2) is 10.8 Å². The molecule has 4 heteroatoms. The number of nitrogens with zero attached hydrogens (tertiary/aromatic N) is 4. The number of allylic oxidation sites excluding steroid dienone is 6. The van der Waals surface area contributed by atoms with Crippen molar-refractivity contribution in [3.05, 3.63) is 33.4 Å². The zero-order valence-electron chi connectivity index (χ0n) is 19.1. The molecular weight excluding hydrogens is 416 g/mol. The number of rotatable bonds is 0. The molecule has 0 aromatic heterocycles. The standard InChI is InChI=1S/C30H24N4/c31-9-27(10-32)28(11-33,12-34)30-20-7-18(8-20)24(30)22-14-1-13(2-14)21(22)23-17-5-19(6-17)29(23,27)25-15-3-16(4-15)26(25)30/h13-20H,1-8H2/b23-21-,24-22-. The summed E-state index contributed by atoms with van der Waals surface area (Å²) in [4.78, 5) is 0. The van der Waals surface area contributed by atoms with Crippen LogP contribution in [0.25, 0.3) is 0 Å². The van der Waals surface area contributed by atoms with Crippen molar-refractivity contribution in [2.24, 2.45) is 69.0 Å². The summed E-state index contributed by atoms with van der Waals surface area (Å²) >= 11 is 0. The fourth-order valence-corrected chi connectivity index (χ4v) is 12.7. The van der Waals surface area contributed by atoms with E-state index in [1.54, 1.807) is 11.1 Å². The molecule has 14 aliphatic carbocycles. The van der Waals surface area contributed by atoms with Gasteiger partial charge in [-0.1, -0.05) is 11.1 Å². The lowest BCUT2D eigenvalue weighted by Crippen LogP contribution is -2.65. The molecule has 0 aromatic carbocycles. The minimum Gasteiger partial charge on any atom is -0.196 e. The third-order valence-electron chi connectivity index (χ3n) is 13.5. The van der Waals surface area contributed by atoms with Crippen molar-refractivity contribution in [2.75, 3.05) is 0 Å². The smallest absolute Gasteiger partial charge is 0.189 e. The fourth-order valence-electron chi connectivity index (χ4n) is 12.7. The Morgan fingerprint density at radius 2 is 0.765 bits per heavy atom. The Bertz CT molecular complexity index is 1330. The van der Waals surface area contributed by atoms with Crippen LogP contribution in [-0.2, 0) is 0 Å². The highest BCUT2D eigenvalue weighted by Gasteiger charge is 2.90. The maximum absolute atomic E-state index is 11.2. The molecule has 10 bridgehead atoms. The van der Waals surface area contributed by atoms with Gasteiger partial charge in [-0.05, 0) is 121 Å². The van der Waals surface area contributed by atoms with E-state index in [1.165, 1.54) is 35.1 Å². The predicted molar refractivity (Wildman–Crippen MR) is 118 cm³/mol. The molecule has 0 N–H and O–H groups in total. The molecule has 0 radical (unpaired) electrons. The van der Waals surface area contributed by atoms with Crippen molar-refractivity contribution in [2.45, 2.75) is 51.4 Å². The zero-order valence-corrected chi connectivity index (χ0v) is 19.1. The van der Waals surface area contributed by atoms with E-state index in [-0.39, 0.29) is 11.8 Å². The summed E-state index contributed by atoms with van der Waals surface area (Å²) in [6.07, 6.45) is 8.87. The molecule has 164 valence electrons. The zero-order chi connectivity index (χ0) is 22.6. The van der Waals surface area contributed by atoms with E-state index in [9.17, 15) is 21.0 Å². The Hall–Kier alpha value is -2.82. The Balaban J connectivity index is 1.54. The summed E-state index contributed by atoms with van der Waals surface area (Å²) in [7, 11) is 0. The molecular formula is C30H24N4. The van der Waals surface area contributed by atoms with Gasteiger partial charge in [0.1, 0.15) is 0 Å². The SMILES string of the molecule is N#CC1(C#N)C23C4=C(C5CC4C5)C4(/C(=C5\C(=C/2C2CC3C2)C2CC5C2)C2CC4C2)C1(C#N)C#N. The van der Waals surface area contributed by atoms with E-state index < -0.39 is 21.7 Å². The maximum atomic E-state index is 11.2. The van der Waals surface area contributed by atoms with Gasteiger partial charge < -0.3 is 0 Å². The van der Waals surface area contributed by atoms with Crippen LogP contribution in [0.3, 0.4) is 0 Å². The summed E-state index contributed by atoms with van der Waals surface area (Å²) < 4.78 is 0. The highest BCUT2D eigenvalue weighted by Crippen LogP contribution is 2.92. The van der Waals surface area contributed by atoms with Crippen LogP contribution < -0.4 is 0 Å². The van der Waals surface area contributed by atoms with Gasteiger partial charge in [0.25, 0.3) is 0 Å². The van der Waals surface area contributed by atoms with Crippen molar-refractivity contribution < 1.29 is 0 Å². The minimum absolute atomic E-state index is 0.249. The second kappa shape index (κ2) is 4.55. The van der Waals surface area contributed by atoms with E-state index in [2.05, 4.69) is 24.3 Å². The number of hydrogen-bond donors (Lipinski definition) is 0. The van der Waals surface area contributed by atoms with E-state index in [0.29, 0.717) is 35.5 Å². The van der Waals surface area contributed by atoms with Gasteiger partial charge >= 0.3 is 0 Å². The largest absolute Gasteiger partial charge is 0.196 e. The van der Waals surface area contributed by atoms with E-state index in [4.69, 9.17) is 0 Å². The molecule has 10 saturated carbocycles. The van der Waals surface area contributed by atoms with Crippen LogP contribution in [0.2, 0.25) is 0 Å². The molecule has 0 saturated heterocycles. The first-order valence-corrected chi connectivity index (χ1v) is 13.5. The molecule has 4 nitrogen and oxygen atoms in total. The van der Waals surface area contributed by atoms with Gasteiger partial charge in [-0.15, -0.1) is 0 Å². The Morgan fingerprint density at radius 1 is 0.441 bits per heavy atom. The van der Waals surface area contributed by atoms with Crippen molar-refractivity contribution >= 4 is 0 Å².